The summed E-state index contributed by atoms with van der Waals surface area (Å²) in [4.78, 5) is 16.8. The van der Waals surface area contributed by atoms with E-state index >= 15 is 0 Å². The zero-order valence-corrected chi connectivity index (χ0v) is 15.0. The van der Waals surface area contributed by atoms with Gasteiger partial charge in [0.25, 0.3) is 0 Å². The topological polar surface area (TPSA) is 35.6 Å². The van der Waals surface area contributed by atoms with E-state index in [9.17, 15) is 9.18 Å². The third-order valence-corrected chi connectivity index (χ3v) is 5.70. The molecule has 26 heavy (non-hydrogen) atoms. The maximum Gasteiger partial charge on any atom is 0.322 e. The van der Waals surface area contributed by atoms with E-state index in [0.29, 0.717) is 18.3 Å². The number of hydrogen-bond donors (Lipinski definition) is 1. The van der Waals surface area contributed by atoms with Crippen molar-refractivity contribution in [1.29, 1.82) is 0 Å². The zero-order chi connectivity index (χ0) is 18.1. The van der Waals surface area contributed by atoms with Crippen molar-refractivity contribution in [1.82, 2.24) is 10.2 Å². The highest BCUT2D eigenvalue weighted by Gasteiger charge is 2.49. The Morgan fingerprint density at radius 1 is 1.19 bits per heavy atom. The Hall–Kier alpha value is -2.40. The molecule has 2 atom stereocenters. The van der Waals surface area contributed by atoms with E-state index in [1.54, 1.807) is 11.0 Å². The molecule has 2 fully saturated rings. The molecule has 0 aromatic heterocycles. The molecule has 2 heterocycles. The van der Waals surface area contributed by atoms with E-state index in [0.717, 1.165) is 25.9 Å². The predicted octanol–water partition coefficient (Wildman–Crippen LogP) is 3.78. The van der Waals surface area contributed by atoms with E-state index < -0.39 is 0 Å². The van der Waals surface area contributed by atoms with Crippen LogP contribution >= 0.6 is 0 Å². The number of carbonyl (C=O) groups excluding carboxylic acids is 1. The first-order valence-electron chi connectivity index (χ1n) is 9.19. The molecule has 4 rings (SSSR count). The Morgan fingerprint density at radius 3 is 2.73 bits per heavy atom. The molecule has 1 spiro atoms. The molecule has 0 aliphatic carbocycles. The van der Waals surface area contributed by atoms with E-state index in [-0.39, 0.29) is 17.4 Å². The van der Waals surface area contributed by atoms with Crippen molar-refractivity contribution in [3.05, 3.63) is 66.0 Å². The van der Waals surface area contributed by atoms with Crippen LogP contribution in [0.2, 0.25) is 0 Å². The van der Waals surface area contributed by atoms with Crippen LogP contribution in [0.4, 0.5) is 14.9 Å². The number of amides is 2. The van der Waals surface area contributed by atoms with Crippen LogP contribution in [0.5, 0.6) is 0 Å². The summed E-state index contributed by atoms with van der Waals surface area (Å²) < 4.78 is 13.7. The molecular weight excluding hydrogens is 329 g/mol. The van der Waals surface area contributed by atoms with E-state index in [1.165, 1.54) is 17.7 Å². The summed E-state index contributed by atoms with van der Waals surface area (Å²) in [6.45, 7) is 4.67. The fourth-order valence-corrected chi connectivity index (χ4v) is 4.39. The van der Waals surface area contributed by atoms with Gasteiger partial charge in [0.05, 0.1) is 5.54 Å². The minimum Gasteiger partial charge on any atom is -0.335 e. The van der Waals surface area contributed by atoms with E-state index in [2.05, 4.69) is 41.4 Å². The highest BCUT2D eigenvalue weighted by molar-refractivity contribution is 5.96. The average molecular weight is 353 g/mol. The maximum atomic E-state index is 13.7. The summed E-state index contributed by atoms with van der Waals surface area (Å²) in [7, 11) is 0. The molecular formula is C21H24FN3O. The summed E-state index contributed by atoms with van der Waals surface area (Å²) in [5.74, 6) is -0.313. The molecule has 2 aliphatic heterocycles. The lowest BCUT2D eigenvalue weighted by Gasteiger charge is -2.47. The third-order valence-electron chi connectivity index (χ3n) is 5.70. The molecule has 0 saturated carbocycles. The molecule has 2 saturated heterocycles. The van der Waals surface area contributed by atoms with Crippen LogP contribution in [0, 0.1) is 5.82 Å². The van der Waals surface area contributed by atoms with Crippen LogP contribution in [0.15, 0.2) is 54.6 Å². The molecule has 0 bridgehead atoms. The molecule has 4 nitrogen and oxygen atoms in total. The number of benzene rings is 2. The third kappa shape index (κ3) is 3.07. The van der Waals surface area contributed by atoms with Gasteiger partial charge in [-0.3, -0.25) is 9.80 Å². The number of rotatable bonds is 3. The van der Waals surface area contributed by atoms with Gasteiger partial charge in [-0.15, -0.1) is 0 Å². The Kier molecular flexibility index (Phi) is 4.41. The summed E-state index contributed by atoms with van der Waals surface area (Å²) in [6.07, 6.45) is 1.74. The number of carbonyl (C=O) groups is 1. The molecule has 136 valence electrons. The summed E-state index contributed by atoms with van der Waals surface area (Å²) in [5.41, 5.74) is 1.67. The maximum absolute atomic E-state index is 13.7. The number of likely N-dealkylation sites (tertiary alicyclic amines) is 1. The second-order valence-corrected chi connectivity index (χ2v) is 7.46. The van der Waals surface area contributed by atoms with Gasteiger partial charge in [-0.05, 0) is 43.5 Å². The van der Waals surface area contributed by atoms with Gasteiger partial charge < -0.3 is 5.32 Å². The minimum atomic E-state index is -0.313. The molecule has 2 aromatic rings. The fourth-order valence-electron chi connectivity index (χ4n) is 4.39. The molecule has 0 unspecified atom stereocenters. The number of anilines is 1. The van der Waals surface area contributed by atoms with Crippen molar-refractivity contribution in [2.24, 2.45) is 0 Å². The monoisotopic (exact) mass is 353 g/mol. The molecule has 1 N–H and O–H groups in total. The Bertz CT molecular complexity index is 797. The smallest absolute Gasteiger partial charge is 0.322 e. The number of nitrogens with one attached hydrogen (secondary N) is 1. The van der Waals surface area contributed by atoms with Crippen LogP contribution in [-0.2, 0) is 6.54 Å². The highest BCUT2D eigenvalue weighted by Crippen LogP contribution is 2.39. The average Bonchev–Trinajstić information content (AvgIpc) is 2.94. The first-order valence-corrected chi connectivity index (χ1v) is 9.19. The van der Waals surface area contributed by atoms with Gasteiger partial charge in [0.15, 0.2) is 0 Å². The predicted molar refractivity (Wildman–Crippen MR) is 101 cm³/mol. The number of piperidine rings is 1. The number of nitrogens with zero attached hydrogens (tertiary/aromatic N) is 2. The van der Waals surface area contributed by atoms with Crippen molar-refractivity contribution in [3.63, 3.8) is 0 Å². The lowest BCUT2D eigenvalue weighted by molar-refractivity contribution is 0.105. The van der Waals surface area contributed by atoms with Crippen molar-refractivity contribution in [2.75, 3.05) is 18.0 Å². The normalized spacial score (nSPS) is 26.3. The van der Waals surface area contributed by atoms with Gasteiger partial charge in [0, 0.05) is 31.4 Å². The van der Waals surface area contributed by atoms with Crippen LogP contribution in [-0.4, -0.2) is 35.6 Å². The SMILES string of the molecule is C[C@@H]1C[C@@]2(CCN1Cc1ccccc1)CNC(=O)N2c1cccc(F)c1. The Morgan fingerprint density at radius 2 is 2.00 bits per heavy atom. The number of halogens is 1. The van der Waals surface area contributed by atoms with Gasteiger partial charge in [0.2, 0.25) is 0 Å². The number of hydrogen-bond acceptors (Lipinski definition) is 2. The molecule has 2 amide bonds. The van der Waals surface area contributed by atoms with Crippen molar-refractivity contribution >= 4 is 11.7 Å². The van der Waals surface area contributed by atoms with Gasteiger partial charge >= 0.3 is 6.03 Å². The summed E-state index contributed by atoms with van der Waals surface area (Å²) in [5, 5.41) is 2.98. The standard InChI is InChI=1S/C21H24FN3O/c1-16-13-21(10-11-24(16)14-17-6-3-2-4-7-17)15-23-20(26)25(21)19-9-5-8-18(22)12-19/h2-9,12,16H,10-11,13-15H2,1H3,(H,23,26)/t16-,21+/m1/s1. The van der Waals surface area contributed by atoms with Crippen molar-refractivity contribution in [2.45, 2.75) is 37.9 Å². The first kappa shape index (κ1) is 17.0. The van der Waals surface area contributed by atoms with Gasteiger partial charge in [0.1, 0.15) is 5.82 Å². The second-order valence-electron chi connectivity index (χ2n) is 7.46. The van der Waals surface area contributed by atoms with Gasteiger partial charge in [-0.2, -0.15) is 0 Å². The van der Waals surface area contributed by atoms with Gasteiger partial charge in [-0.25, -0.2) is 9.18 Å². The fraction of sp³-hybridized carbons (Fsp3) is 0.381. The second kappa shape index (κ2) is 6.72. The lowest BCUT2D eigenvalue weighted by Crippen LogP contribution is -2.57. The largest absolute Gasteiger partial charge is 0.335 e. The molecule has 5 heteroatoms. The van der Waals surface area contributed by atoms with Crippen molar-refractivity contribution in [3.8, 4) is 0 Å². The number of urea groups is 1. The van der Waals surface area contributed by atoms with Gasteiger partial charge in [-0.1, -0.05) is 36.4 Å². The molecule has 2 aliphatic rings. The van der Waals surface area contributed by atoms with Crippen LogP contribution in [0.25, 0.3) is 0 Å². The lowest BCUT2D eigenvalue weighted by atomic mass is 9.82. The quantitative estimate of drug-likeness (QED) is 0.911. The molecule has 0 radical (unpaired) electrons. The Balaban J connectivity index is 1.55. The molecule has 2 aromatic carbocycles. The highest BCUT2D eigenvalue weighted by atomic mass is 19.1. The summed E-state index contributed by atoms with van der Waals surface area (Å²) >= 11 is 0. The summed E-state index contributed by atoms with van der Waals surface area (Å²) in [6, 6.07) is 17.0. The van der Waals surface area contributed by atoms with E-state index in [4.69, 9.17) is 0 Å². The van der Waals surface area contributed by atoms with Crippen LogP contribution < -0.4 is 10.2 Å². The Labute approximate surface area is 153 Å². The minimum absolute atomic E-state index is 0.126. The zero-order valence-electron chi connectivity index (χ0n) is 15.0. The van der Waals surface area contributed by atoms with Crippen molar-refractivity contribution < 1.29 is 9.18 Å². The van der Waals surface area contributed by atoms with E-state index in [1.807, 2.05) is 12.1 Å². The first-order chi connectivity index (χ1) is 12.6. The van der Waals surface area contributed by atoms with Crippen LogP contribution in [0.1, 0.15) is 25.3 Å². The van der Waals surface area contributed by atoms with Crippen LogP contribution in [0.3, 0.4) is 0 Å².